The number of hydrogen-bond acceptors (Lipinski definition) is 2. The fourth-order valence-corrected chi connectivity index (χ4v) is 7.92. The fourth-order valence-electron chi connectivity index (χ4n) is 7.92. The number of benzene rings is 7. The molecule has 4 aromatic heterocycles. The number of aromatic nitrogens is 4. The quantitative estimate of drug-likeness (QED) is 0.203. The molecule has 0 unspecified atom stereocenters. The van der Waals surface area contributed by atoms with Crippen LogP contribution in [0.5, 0.6) is 0 Å². The lowest BCUT2D eigenvalue weighted by Gasteiger charge is -2.12. The third-order valence-electron chi connectivity index (χ3n) is 9.84. The van der Waals surface area contributed by atoms with Gasteiger partial charge in [-0.05, 0) is 47.2 Å². The Morgan fingerprint density at radius 1 is 0.413 bits per heavy atom. The molecule has 7 aromatic carbocycles. The molecule has 0 saturated heterocycles. The van der Waals surface area contributed by atoms with Crippen LogP contribution in [0, 0.1) is 0 Å². The fraction of sp³-hybridized carbons (Fsp3) is 0. The summed E-state index contributed by atoms with van der Waals surface area (Å²) < 4.78 is 4.71. The summed E-state index contributed by atoms with van der Waals surface area (Å²) >= 11 is 0. The summed E-state index contributed by atoms with van der Waals surface area (Å²) in [4.78, 5) is 10.6. The van der Waals surface area contributed by atoms with Crippen molar-refractivity contribution in [1.29, 1.82) is 0 Å². The summed E-state index contributed by atoms with van der Waals surface area (Å²) in [6, 6.07) is 52.1. The normalized spacial score (nSPS) is 12.3. The van der Waals surface area contributed by atoms with Crippen LogP contribution < -0.4 is 0 Å². The standard InChI is InChI=1S/C42H24N4/c1-2-11-26-24-27(21-20-25(26)10-1)40-30-13-3-6-17-33(30)43-42(44-40)46-35-19-8-5-14-31(35)38-37(46)23-22-36-39(38)32-16-9-15-29-28-12-4-7-18-34(28)45(36)41(29)32/h1-24H. The Labute approximate surface area is 262 Å². The van der Waals surface area contributed by atoms with Crippen LogP contribution in [0.4, 0.5) is 0 Å². The van der Waals surface area contributed by atoms with E-state index in [2.05, 4.69) is 155 Å². The molecule has 0 saturated carbocycles. The molecule has 0 spiro atoms. The van der Waals surface area contributed by atoms with Gasteiger partial charge in [-0.1, -0.05) is 109 Å². The highest BCUT2D eigenvalue weighted by Crippen LogP contribution is 2.44. The summed E-state index contributed by atoms with van der Waals surface area (Å²) in [7, 11) is 0. The zero-order valence-electron chi connectivity index (χ0n) is 24.6. The molecule has 0 aliphatic rings. The van der Waals surface area contributed by atoms with E-state index in [-0.39, 0.29) is 0 Å². The Hall–Kier alpha value is -6.26. The third-order valence-corrected chi connectivity index (χ3v) is 9.84. The Morgan fingerprint density at radius 3 is 2.00 bits per heavy atom. The van der Waals surface area contributed by atoms with E-state index in [0.717, 1.165) is 33.2 Å². The van der Waals surface area contributed by atoms with Gasteiger partial charge in [-0.2, -0.15) is 0 Å². The number of rotatable bonds is 2. The monoisotopic (exact) mass is 584 g/mol. The van der Waals surface area contributed by atoms with Crippen molar-refractivity contribution < 1.29 is 0 Å². The Balaban J connectivity index is 1.28. The van der Waals surface area contributed by atoms with Gasteiger partial charge in [0.05, 0.1) is 38.8 Å². The topological polar surface area (TPSA) is 35.1 Å². The van der Waals surface area contributed by atoms with Crippen LogP contribution in [0.1, 0.15) is 0 Å². The highest BCUT2D eigenvalue weighted by Gasteiger charge is 2.23. The van der Waals surface area contributed by atoms with Gasteiger partial charge in [0.15, 0.2) is 0 Å². The lowest BCUT2D eigenvalue weighted by Crippen LogP contribution is -2.03. The van der Waals surface area contributed by atoms with Crippen molar-refractivity contribution in [2.75, 3.05) is 0 Å². The summed E-state index contributed by atoms with van der Waals surface area (Å²) in [5.41, 5.74) is 8.89. The highest BCUT2D eigenvalue weighted by molar-refractivity contribution is 6.32. The number of nitrogens with zero attached hydrogens (tertiary/aromatic N) is 4. The van der Waals surface area contributed by atoms with E-state index in [4.69, 9.17) is 9.97 Å². The van der Waals surface area contributed by atoms with Crippen LogP contribution in [0.25, 0.3) is 98.8 Å². The molecular weight excluding hydrogens is 560 g/mol. The largest absolute Gasteiger partial charge is 0.308 e. The molecule has 11 rings (SSSR count). The first-order valence-electron chi connectivity index (χ1n) is 15.7. The van der Waals surface area contributed by atoms with Gasteiger partial charge in [0.2, 0.25) is 5.95 Å². The third kappa shape index (κ3) is 3.03. The van der Waals surface area contributed by atoms with Crippen LogP contribution in [-0.2, 0) is 0 Å². The van der Waals surface area contributed by atoms with Gasteiger partial charge in [-0.15, -0.1) is 0 Å². The molecule has 0 amide bonds. The van der Waals surface area contributed by atoms with Crippen LogP contribution in [0.2, 0.25) is 0 Å². The van der Waals surface area contributed by atoms with Crippen LogP contribution >= 0.6 is 0 Å². The van der Waals surface area contributed by atoms with Crippen molar-refractivity contribution in [2.45, 2.75) is 0 Å². The average molecular weight is 585 g/mol. The first-order valence-corrected chi connectivity index (χ1v) is 15.7. The summed E-state index contributed by atoms with van der Waals surface area (Å²) in [6.45, 7) is 0. The summed E-state index contributed by atoms with van der Waals surface area (Å²) in [5.74, 6) is 0.675. The van der Waals surface area contributed by atoms with Gasteiger partial charge in [-0.3, -0.25) is 4.57 Å². The minimum Gasteiger partial charge on any atom is -0.308 e. The zero-order chi connectivity index (χ0) is 29.9. The number of fused-ring (bicyclic) bond motifs is 12. The van der Waals surface area contributed by atoms with E-state index in [9.17, 15) is 0 Å². The van der Waals surface area contributed by atoms with E-state index in [1.807, 2.05) is 0 Å². The molecule has 4 nitrogen and oxygen atoms in total. The van der Waals surface area contributed by atoms with Crippen LogP contribution in [0.3, 0.4) is 0 Å². The molecule has 212 valence electrons. The summed E-state index contributed by atoms with van der Waals surface area (Å²) in [6.07, 6.45) is 0. The molecular formula is C42H24N4. The van der Waals surface area contributed by atoms with E-state index in [0.29, 0.717) is 5.95 Å². The second-order valence-corrected chi connectivity index (χ2v) is 12.2. The molecule has 4 heterocycles. The van der Waals surface area contributed by atoms with Gasteiger partial charge in [0, 0.05) is 43.3 Å². The lowest BCUT2D eigenvalue weighted by molar-refractivity contribution is 1.01. The zero-order valence-corrected chi connectivity index (χ0v) is 24.6. The van der Waals surface area contributed by atoms with Crippen LogP contribution in [0.15, 0.2) is 146 Å². The smallest absolute Gasteiger partial charge is 0.235 e. The van der Waals surface area contributed by atoms with Crippen molar-refractivity contribution >= 4 is 81.6 Å². The van der Waals surface area contributed by atoms with Crippen LogP contribution in [-0.4, -0.2) is 18.9 Å². The van der Waals surface area contributed by atoms with E-state index < -0.39 is 0 Å². The van der Waals surface area contributed by atoms with Crippen molar-refractivity contribution in [2.24, 2.45) is 0 Å². The van der Waals surface area contributed by atoms with Crippen molar-refractivity contribution in [1.82, 2.24) is 18.9 Å². The average Bonchev–Trinajstić information content (AvgIpc) is 3.76. The van der Waals surface area contributed by atoms with Crippen molar-refractivity contribution in [3.05, 3.63) is 146 Å². The number of para-hydroxylation sites is 4. The molecule has 0 atom stereocenters. The van der Waals surface area contributed by atoms with Gasteiger partial charge in [0.1, 0.15) is 0 Å². The van der Waals surface area contributed by atoms with E-state index in [1.54, 1.807) is 0 Å². The lowest BCUT2D eigenvalue weighted by atomic mass is 10.0. The molecule has 46 heavy (non-hydrogen) atoms. The first-order chi connectivity index (χ1) is 22.8. The summed E-state index contributed by atoms with van der Waals surface area (Å²) in [5, 5.41) is 11.0. The second-order valence-electron chi connectivity index (χ2n) is 12.2. The van der Waals surface area contributed by atoms with Crippen molar-refractivity contribution in [3.8, 4) is 17.2 Å². The molecule has 0 aliphatic heterocycles. The van der Waals surface area contributed by atoms with Gasteiger partial charge >= 0.3 is 0 Å². The molecule has 11 aromatic rings. The minimum atomic E-state index is 0.675. The minimum absolute atomic E-state index is 0.675. The molecule has 0 aliphatic carbocycles. The van der Waals surface area contributed by atoms with Gasteiger partial charge in [0.25, 0.3) is 0 Å². The first kappa shape index (κ1) is 24.1. The maximum Gasteiger partial charge on any atom is 0.235 e. The predicted octanol–water partition coefficient (Wildman–Crippen LogP) is 10.7. The Morgan fingerprint density at radius 2 is 1.09 bits per heavy atom. The second kappa shape index (κ2) is 8.68. The number of hydrogen-bond donors (Lipinski definition) is 0. The SMILES string of the molecule is c1ccc2cc(-c3nc(-n4c5ccccc5c5c6c7cccc8c9ccccc9n(c6ccc54)c87)nc4ccccc34)ccc2c1. The Bertz CT molecular complexity index is 3030. The molecule has 0 bridgehead atoms. The Kier molecular flexibility index (Phi) is 4.55. The molecule has 4 heteroatoms. The predicted molar refractivity (Wildman–Crippen MR) is 191 cm³/mol. The highest BCUT2D eigenvalue weighted by atomic mass is 15.2. The molecule has 0 radical (unpaired) electrons. The molecule has 0 fully saturated rings. The van der Waals surface area contributed by atoms with E-state index >= 15 is 0 Å². The molecule has 0 N–H and O–H groups in total. The van der Waals surface area contributed by atoms with Crippen molar-refractivity contribution in [3.63, 3.8) is 0 Å². The maximum absolute atomic E-state index is 5.37. The van der Waals surface area contributed by atoms with Gasteiger partial charge in [-0.25, -0.2) is 9.97 Å². The van der Waals surface area contributed by atoms with Gasteiger partial charge < -0.3 is 4.40 Å². The van der Waals surface area contributed by atoms with E-state index in [1.165, 1.54) is 59.6 Å². The maximum atomic E-state index is 5.37.